The molecule has 8 heteroatoms. The third kappa shape index (κ3) is 6.11. The van der Waals surface area contributed by atoms with Gasteiger partial charge in [-0.1, -0.05) is 11.6 Å². The second kappa shape index (κ2) is 9.08. The van der Waals surface area contributed by atoms with Gasteiger partial charge in [0.1, 0.15) is 11.5 Å². The van der Waals surface area contributed by atoms with Crippen molar-refractivity contribution in [3.63, 3.8) is 0 Å². The molecule has 2 rings (SSSR count). The molecule has 25 heavy (non-hydrogen) atoms. The Labute approximate surface area is 148 Å². The van der Waals surface area contributed by atoms with Gasteiger partial charge in [-0.3, -0.25) is 4.79 Å². The fraction of sp³-hybridized carbons (Fsp3) is 0.235. The highest BCUT2D eigenvalue weighted by Crippen LogP contribution is 2.28. The summed E-state index contributed by atoms with van der Waals surface area (Å²) in [5.41, 5.74) is 1.14. The van der Waals surface area contributed by atoms with Gasteiger partial charge in [-0.05, 0) is 49.4 Å². The van der Waals surface area contributed by atoms with Crippen LogP contribution in [0.4, 0.5) is 20.2 Å². The van der Waals surface area contributed by atoms with Gasteiger partial charge in [0.25, 0.3) is 0 Å². The van der Waals surface area contributed by atoms with Crippen LogP contribution in [0.2, 0.25) is 5.02 Å². The van der Waals surface area contributed by atoms with Crippen LogP contribution in [0.1, 0.15) is 6.92 Å². The molecule has 1 amide bonds. The molecule has 0 aliphatic carbocycles. The number of hydrogen-bond donors (Lipinski definition) is 2. The minimum absolute atomic E-state index is 0.0153. The molecule has 5 nitrogen and oxygen atoms in total. The van der Waals surface area contributed by atoms with Gasteiger partial charge in [0, 0.05) is 11.4 Å². The summed E-state index contributed by atoms with van der Waals surface area (Å²) in [5.74, 6) is 0.327. The maximum atomic E-state index is 12.2. The summed E-state index contributed by atoms with van der Waals surface area (Å²) in [6.45, 7) is -0.506. The number of amides is 1. The van der Waals surface area contributed by atoms with E-state index < -0.39 is 6.61 Å². The molecule has 0 saturated carbocycles. The van der Waals surface area contributed by atoms with E-state index in [9.17, 15) is 13.6 Å². The molecule has 0 fully saturated rings. The van der Waals surface area contributed by atoms with Crippen LogP contribution in [-0.4, -0.2) is 25.7 Å². The number of carbonyl (C=O) groups is 1. The molecule has 2 aromatic carbocycles. The Kier molecular flexibility index (Phi) is 6.82. The lowest BCUT2D eigenvalue weighted by molar-refractivity contribution is -0.114. The highest BCUT2D eigenvalue weighted by molar-refractivity contribution is 6.32. The molecule has 0 saturated heterocycles. The number of rotatable bonds is 8. The molecule has 0 spiro atoms. The zero-order valence-electron chi connectivity index (χ0n) is 13.4. The van der Waals surface area contributed by atoms with Crippen LogP contribution < -0.4 is 20.1 Å². The third-order valence-corrected chi connectivity index (χ3v) is 3.35. The first kappa shape index (κ1) is 18.8. The quantitative estimate of drug-likeness (QED) is 0.723. The van der Waals surface area contributed by atoms with Crippen LogP contribution in [-0.2, 0) is 4.79 Å². The van der Waals surface area contributed by atoms with E-state index in [0.29, 0.717) is 18.0 Å². The zero-order valence-corrected chi connectivity index (χ0v) is 14.1. The molecule has 0 aliphatic rings. The summed E-state index contributed by atoms with van der Waals surface area (Å²) >= 11 is 5.85. The Morgan fingerprint density at radius 1 is 1.16 bits per heavy atom. The van der Waals surface area contributed by atoms with Crippen molar-refractivity contribution in [3.8, 4) is 11.5 Å². The van der Waals surface area contributed by atoms with E-state index in [0.717, 1.165) is 5.75 Å². The summed E-state index contributed by atoms with van der Waals surface area (Å²) in [6, 6.07) is 11.2. The fourth-order valence-corrected chi connectivity index (χ4v) is 2.22. The van der Waals surface area contributed by atoms with Gasteiger partial charge in [-0.15, -0.1) is 0 Å². The molecule has 2 aromatic rings. The summed E-state index contributed by atoms with van der Waals surface area (Å²) in [6.07, 6.45) is 0. The maximum Gasteiger partial charge on any atom is 0.387 e. The first-order chi connectivity index (χ1) is 12.0. The van der Waals surface area contributed by atoms with Gasteiger partial charge in [-0.25, -0.2) is 0 Å². The van der Waals surface area contributed by atoms with Crippen LogP contribution in [0.15, 0.2) is 42.5 Å². The van der Waals surface area contributed by atoms with E-state index in [4.69, 9.17) is 16.3 Å². The van der Waals surface area contributed by atoms with Crippen molar-refractivity contribution in [1.82, 2.24) is 0 Å². The van der Waals surface area contributed by atoms with Crippen LogP contribution in [0.5, 0.6) is 11.5 Å². The Morgan fingerprint density at radius 3 is 2.44 bits per heavy atom. The van der Waals surface area contributed by atoms with Crippen molar-refractivity contribution in [2.75, 3.05) is 23.8 Å². The lowest BCUT2D eigenvalue weighted by Crippen LogP contribution is -2.21. The smallest absolute Gasteiger partial charge is 0.387 e. The van der Waals surface area contributed by atoms with Crippen LogP contribution in [0.25, 0.3) is 0 Å². The Balaban J connectivity index is 1.86. The molecule has 2 N–H and O–H groups in total. The monoisotopic (exact) mass is 370 g/mol. The molecule has 0 bridgehead atoms. The summed E-state index contributed by atoms with van der Waals surface area (Å²) < 4.78 is 33.9. The molecule has 0 atom stereocenters. The van der Waals surface area contributed by atoms with Crippen molar-refractivity contribution in [1.29, 1.82) is 0 Å². The first-order valence-electron chi connectivity index (χ1n) is 7.49. The van der Waals surface area contributed by atoms with E-state index >= 15 is 0 Å². The molecule has 0 aromatic heterocycles. The van der Waals surface area contributed by atoms with E-state index in [2.05, 4.69) is 15.4 Å². The lowest BCUT2D eigenvalue weighted by atomic mass is 10.3. The van der Waals surface area contributed by atoms with E-state index in [1.807, 2.05) is 6.92 Å². The van der Waals surface area contributed by atoms with Gasteiger partial charge < -0.3 is 20.1 Å². The number of halogens is 3. The predicted octanol–water partition coefficient (Wildman–Crippen LogP) is 4.39. The standard InChI is InChI=1S/C17H17ClF2N2O3/c1-2-24-13-6-3-11(4-7-13)22-16(23)10-21-12-5-8-15(14(18)9-12)25-17(19)20/h3-9,17,21H,2,10H2,1H3,(H,22,23). The van der Waals surface area contributed by atoms with Crippen LogP contribution >= 0.6 is 11.6 Å². The van der Waals surface area contributed by atoms with Gasteiger partial charge in [-0.2, -0.15) is 8.78 Å². The molecular weight excluding hydrogens is 354 g/mol. The SMILES string of the molecule is CCOc1ccc(NC(=O)CNc2ccc(OC(F)F)c(Cl)c2)cc1. The molecule has 0 heterocycles. The summed E-state index contributed by atoms with van der Waals surface area (Å²) in [7, 11) is 0. The topological polar surface area (TPSA) is 59.6 Å². The summed E-state index contributed by atoms with van der Waals surface area (Å²) in [5, 5.41) is 5.60. The molecule has 0 aliphatic heterocycles. The molecular formula is C17H17ClF2N2O3. The largest absolute Gasteiger partial charge is 0.494 e. The molecule has 134 valence electrons. The average Bonchev–Trinajstić information content (AvgIpc) is 2.57. The van der Waals surface area contributed by atoms with Crippen LogP contribution in [0, 0.1) is 0 Å². The van der Waals surface area contributed by atoms with Crippen molar-refractivity contribution >= 4 is 28.9 Å². The Hall–Kier alpha value is -2.54. The fourth-order valence-electron chi connectivity index (χ4n) is 1.99. The maximum absolute atomic E-state index is 12.2. The van der Waals surface area contributed by atoms with Crippen molar-refractivity contribution < 1.29 is 23.0 Å². The zero-order chi connectivity index (χ0) is 18.2. The number of hydrogen-bond acceptors (Lipinski definition) is 4. The van der Waals surface area contributed by atoms with Crippen molar-refractivity contribution in [2.45, 2.75) is 13.5 Å². The minimum Gasteiger partial charge on any atom is -0.494 e. The second-order valence-corrected chi connectivity index (χ2v) is 5.29. The van der Waals surface area contributed by atoms with Crippen molar-refractivity contribution in [3.05, 3.63) is 47.5 Å². The predicted molar refractivity (Wildman–Crippen MR) is 92.8 cm³/mol. The Bertz CT molecular complexity index is 712. The number of carbonyl (C=O) groups excluding carboxylic acids is 1. The number of anilines is 2. The Morgan fingerprint density at radius 2 is 1.84 bits per heavy atom. The molecule has 0 radical (unpaired) electrons. The third-order valence-electron chi connectivity index (χ3n) is 3.05. The number of benzene rings is 2. The average molecular weight is 371 g/mol. The normalized spacial score (nSPS) is 10.4. The van der Waals surface area contributed by atoms with Gasteiger partial charge in [0.15, 0.2) is 0 Å². The van der Waals surface area contributed by atoms with E-state index in [1.54, 1.807) is 24.3 Å². The number of nitrogens with one attached hydrogen (secondary N) is 2. The minimum atomic E-state index is -2.95. The van der Waals surface area contributed by atoms with Gasteiger partial charge in [0.05, 0.1) is 18.2 Å². The van der Waals surface area contributed by atoms with Gasteiger partial charge >= 0.3 is 6.61 Å². The number of ether oxygens (including phenoxy) is 2. The first-order valence-corrected chi connectivity index (χ1v) is 7.86. The molecule has 0 unspecified atom stereocenters. The lowest BCUT2D eigenvalue weighted by Gasteiger charge is -2.11. The van der Waals surface area contributed by atoms with Crippen LogP contribution in [0.3, 0.4) is 0 Å². The van der Waals surface area contributed by atoms with E-state index in [1.165, 1.54) is 18.2 Å². The van der Waals surface area contributed by atoms with Crippen molar-refractivity contribution in [2.24, 2.45) is 0 Å². The highest BCUT2D eigenvalue weighted by atomic mass is 35.5. The van der Waals surface area contributed by atoms with Gasteiger partial charge in [0.2, 0.25) is 5.91 Å². The summed E-state index contributed by atoms with van der Waals surface area (Å²) in [4.78, 5) is 11.9. The number of alkyl halides is 2. The van der Waals surface area contributed by atoms with E-state index in [-0.39, 0.29) is 23.2 Å². The second-order valence-electron chi connectivity index (χ2n) is 4.88. The highest BCUT2D eigenvalue weighted by Gasteiger charge is 2.09.